The fourth-order valence-electron chi connectivity index (χ4n) is 11.1. The molecule has 0 aromatic heterocycles. The number of unbranched alkanes of at least 4 members (excludes halogenated alkanes) is 1. The van der Waals surface area contributed by atoms with Gasteiger partial charge in [0.25, 0.3) is 11.8 Å². The van der Waals surface area contributed by atoms with Gasteiger partial charge in [-0.15, -0.1) is 0 Å². The van der Waals surface area contributed by atoms with Crippen LogP contribution in [0.2, 0.25) is 0 Å². The van der Waals surface area contributed by atoms with Crippen LogP contribution in [0, 0.1) is 6.54 Å². The predicted octanol–water partition coefficient (Wildman–Crippen LogP) is 6.76. The first-order valence-electron chi connectivity index (χ1n) is 27.6. The van der Waals surface area contributed by atoms with Gasteiger partial charge in [-0.3, -0.25) is 43.3 Å². The Kier molecular flexibility index (Phi) is 22.9. The van der Waals surface area contributed by atoms with E-state index in [0.717, 1.165) is 28.9 Å². The summed E-state index contributed by atoms with van der Waals surface area (Å²) in [5.41, 5.74) is 7.51. The first kappa shape index (κ1) is 66.5. The third-order valence-electron chi connectivity index (χ3n) is 15.4. The number of fused-ring (bicyclic) bond motifs is 8. The number of methoxy groups -OCH3 is 2. The molecule has 5 aliphatic heterocycles. The Morgan fingerprint density at radius 2 is 1.27 bits per heavy atom. The molecule has 5 aromatic rings. The number of nitrogens with one attached hydrogen (secondary N) is 6. The van der Waals surface area contributed by atoms with Crippen LogP contribution in [0.15, 0.2) is 91.0 Å². The molecular formula is C62H70N9O12SWY-. The van der Waals surface area contributed by atoms with E-state index in [4.69, 9.17) is 18.9 Å². The molecule has 0 saturated carbocycles. The van der Waals surface area contributed by atoms with Crippen molar-refractivity contribution in [2.45, 2.75) is 109 Å². The van der Waals surface area contributed by atoms with Crippen molar-refractivity contribution in [1.29, 1.82) is 0 Å². The number of thioether (sulfide) groups is 1. The first-order valence-corrected chi connectivity index (χ1v) is 28.9. The number of likely N-dealkylation sites (tertiary alicyclic amines) is 1. The molecule has 451 valence electrons. The van der Waals surface area contributed by atoms with Gasteiger partial charge in [-0.25, -0.2) is 6.54 Å². The second-order valence-electron chi connectivity index (χ2n) is 21.0. The normalized spacial score (nSPS) is 17.5. The van der Waals surface area contributed by atoms with Crippen molar-refractivity contribution < 1.29 is 111 Å². The zero-order valence-electron chi connectivity index (χ0n) is 47.7. The van der Waals surface area contributed by atoms with Gasteiger partial charge in [-0.2, -0.15) is 11.8 Å². The van der Waals surface area contributed by atoms with Gasteiger partial charge in [0.15, 0.2) is 23.0 Å². The molecule has 5 aliphatic rings. The predicted molar refractivity (Wildman–Crippen MR) is 320 cm³/mol. The minimum atomic E-state index is -1.06. The van der Waals surface area contributed by atoms with E-state index in [2.05, 4.69) is 31.9 Å². The molecule has 6 N–H and O–H groups in total. The van der Waals surface area contributed by atoms with Gasteiger partial charge in [-0.1, -0.05) is 49.9 Å². The fraction of sp³-hybridized carbons (Fsp3) is 0.371. The molecule has 1 fully saturated rings. The molecule has 5 atom stereocenters. The third-order valence-corrected chi connectivity index (χ3v) is 16.3. The second-order valence-corrected chi connectivity index (χ2v) is 22.1. The molecule has 1 saturated heterocycles. The van der Waals surface area contributed by atoms with Crippen molar-refractivity contribution >= 4 is 87.5 Å². The van der Waals surface area contributed by atoms with E-state index in [9.17, 15) is 38.4 Å². The van der Waals surface area contributed by atoms with Crippen LogP contribution in [0.1, 0.15) is 96.3 Å². The molecule has 0 aliphatic carbocycles. The summed E-state index contributed by atoms with van der Waals surface area (Å²) in [7, 11) is 3.00. The van der Waals surface area contributed by atoms with Gasteiger partial charge in [0.05, 0.1) is 42.3 Å². The Balaban J connectivity index is 0.00000353. The molecule has 1 unspecified atom stereocenters. The van der Waals surface area contributed by atoms with Crippen LogP contribution in [0.5, 0.6) is 23.0 Å². The number of carbonyl (C=O) groups excluding carboxylic acids is 8. The van der Waals surface area contributed by atoms with Crippen molar-refractivity contribution in [3.8, 4) is 23.0 Å². The molecule has 1 radical (unpaired) electrons. The van der Waals surface area contributed by atoms with E-state index in [1.165, 1.54) is 44.7 Å². The number of para-hydroxylation sites is 2. The zero-order valence-corrected chi connectivity index (χ0v) is 54.3. The fourth-order valence-corrected chi connectivity index (χ4v) is 11.7. The van der Waals surface area contributed by atoms with E-state index in [0.29, 0.717) is 88.1 Å². The van der Waals surface area contributed by atoms with Gasteiger partial charge in [0, 0.05) is 128 Å². The van der Waals surface area contributed by atoms with Crippen LogP contribution in [-0.2, 0) is 109 Å². The Morgan fingerprint density at radius 3 is 1.90 bits per heavy atom. The molecular weight excluding hydrogens is 1370 g/mol. The summed E-state index contributed by atoms with van der Waals surface area (Å²) < 4.78 is 24.5. The number of amides is 8. The van der Waals surface area contributed by atoms with Crippen molar-refractivity contribution in [3.63, 3.8) is 0 Å². The molecule has 10 rings (SSSR count). The van der Waals surface area contributed by atoms with Gasteiger partial charge >= 0.3 is 0 Å². The maximum Gasteiger partial charge on any atom is 0.260 e. The average molecular weight is 1440 g/mol. The summed E-state index contributed by atoms with van der Waals surface area (Å²) in [6.07, 6.45) is 4.26. The number of ether oxygens (including phenoxy) is 4. The van der Waals surface area contributed by atoms with Crippen LogP contribution < -0.4 is 60.6 Å². The van der Waals surface area contributed by atoms with Crippen LogP contribution in [-0.4, -0.2) is 122 Å². The van der Waals surface area contributed by atoms with E-state index >= 15 is 0 Å². The Hall–Kier alpha value is -7.00. The van der Waals surface area contributed by atoms with E-state index in [1.54, 1.807) is 47.6 Å². The summed E-state index contributed by atoms with van der Waals surface area (Å²) in [5, 5.41) is 17.4. The summed E-state index contributed by atoms with van der Waals surface area (Å²) in [5.74, 6) is -1.28. The largest absolute Gasteiger partial charge is 0.533 e. The Bertz CT molecular complexity index is 3250. The quantitative estimate of drug-likeness (QED) is 0.0238. The maximum atomic E-state index is 14.2. The van der Waals surface area contributed by atoms with Crippen molar-refractivity contribution in [2.75, 3.05) is 65.9 Å². The minimum Gasteiger partial charge on any atom is -0.533 e. The Labute approximate surface area is 544 Å². The molecule has 86 heavy (non-hydrogen) atoms. The van der Waals surface area contributed by atoms with Crippen molar-refractivity contribution in [2.24, 2.45) is 0 Å². The first-order chi connectivity index (χ1) is 40.1. The summed E-state index contributed by atoms with van der Waals surface area (Å²) in [6, 6.07) is 25.5. The van der Waals surface area contributed by atoms with E-state index in [1.807, 2.05) is 66.0 Å². The summed E-state index contributed by atoms with van der Waals surface area (Å²) in [6.45, 7) is 5.63. The Morgan fingerprint density at radius 1 is 0.698 bits per heavy atom. The molecule has 21 nitrogen and oxygen atoms in total. The van der Waals surface area contributed by atoms with Gasteiger partial charge in [0.2, 0.25) is 35.4 Å². The zero-order chi connectivity index (χ0) is 58.5. The molecule has 24 heteroatoms. The number of carbonyl (C=O) groups is 8. The SMILES string of the molecule is C.COc1cc2c(cc1OCc1cc(COc3cc4c(cc3OC)C(=O)N3c5ccccc5C[C@H]3[CH-]N4)cc(NC(=O)[C@H](C)NC(=O)[C@H](C)NC(=O)CCCCC(=O)NCCN3C(=O)CC(SC)C3=O)c1)NC[C@@H]1Cc3ccccc3N1C2=O.[W].[Y]. The van der Waals surface area contributed by atoms with Crippen molar-refractivity contribution in [3.05, 3.63) is 131 Å². The number of benzene rings is 5. The molecule has 8 amide bonds. The maximum absolute atomic E-state index is 14.2. The smallest absolute Gasteiger partial charge is 0.260 e. The van der Waals surface area contributed by atoms with Crippen LogP contribution >= 0.6 is 11.8 Å². The topological polar surface area (TPSA) is 255 Å². The summed E-state index contributed by atoms with van der Waals surface area (Å²) in [4.78, 5) is 110. The van der Waals surface area contributed by atoms with Gasteiger partial charge in [-0.05, 0) is 111 Å². The van der Waals surface area contributed by atoms with Gasteiger partial charge in [0.1, 0.15) is 25.3 Å². The molecule has 5 aromatic carbocycles. The number of hydrogen-bond donors (Lipinski definition) is 6. The van der Waals surface area contributed by atoms with Gasteiger partial charge < -0.3 is 60.6 Å². The molecule has 0 bridgehead atoms. The van der Waals surface area contributed by atoms with Crippen LogP contribution in [0.4, 0.5) is 28.4 Å². The minimum absolute atomic E-state index is 0. The van der Waals surface area contributed by atoms with Crippen LogP contribution in [0.3, 0.4) is 0 Å². The molecule has 5 heterocycles. The second kappa shape index (κ2) is 29.6. The van der Waals surface area contributed by atoms with E-state index in [-0.39, 0.29) is 154 Å². The number of nitrogens with zero attached hydrogens (tertiary/aromatic N) is 3. The third kappa shape index (κ3) is 14.7. The average Bonchev–Trinajstić information content (AvgIpc) is 2.20. The standard InChI is InChI=1S/C61H66N9O12S.CH4.W.Y/c1-34(65-55(72)17-11-10-16-54(71)62-18-19-68-56(73)29-53(83-5)61(68)78)57(74)66-35(2)58(75)67-40-21-36(32-81-51-27-45-43(25-49(51)79-3)59(76)69-41(30-63-45)23-38-12-6-8-14-47(38)69)20-37(22-40)33-82-52-28-46-44(26-50(52)80-4)60(77)70-42(31-64-46)24-39-13-7-9-15-48(39)70;;;/h6-9,12-15,20-22,25-28,30,34-35,41-42,53,63-64H,10-11,16-19,23-24,29,31-33H2,1-5H3,(H,62,71)(H,65,72)(H,66,74)(H,67,75);1H4;;/q-1;;;/t34-,35-,41-,42-,53?;;;/m0.../s1. The van der Waals surface area contributed by atoms with E-state index < -0.39 is 29.8 Å². The number of anilines is 5. The number of imide groups is 1. The van der Waals surface area contributed by atoms with Crippen LogP contribution in [0.25, 0.3) is 0 Å². The number of rotatable bonds is 22. The van der Waals surface area contributed by atoms with Crippen molar-refractivity contribution in [1.82, 2.24) is 20.9 Å². The molecule has 0 spiro atoms. The number of hydrogen-bond acceptors (Lipinski definition) is 15. The summed E-state index contributed by atoms with van der Waals surface area (Å²) >= 11 is 1.32. The monoisotopic (exact) mass is 1440 g/mol.